The molecule has 0 unspecified atom stereocenters. The monoisotopic (exact) mass is 245 g/mol. The Bertz CT molecular complexity index is 465. The maximum absolute atomic E-state index is 5.51. The van der Waals surface area contributed by atoms with Gasteiger partial charge in [-0.1, -0.05) is 23.4 Å². The van der Waals surface area contributed by atoms with Crippen LogP contribution in [0.3, 0.4) is 0 Å². The van der Waals surface area contributed by atoms with Crippen LogP contribution >= 0.6 is 0 Å². The molecule has 0 atom stereocenters. The van der Waals surface area contributed by atoms with Crippen LogP contribution in [0.4, 0.5) is 5.69 Å². The SMILES string of the molecule is CCN(CCn1cc(CN)nn1)c1ccccc1. The first-order chi connectivity index (χ1) is 8.83. The molecule has 5 heteroatoms. The number of aromatic nitrogens is 3. The van der Waals surface area contributed by atoms with Crippen molar-refractivity contribution in [2.75, 3.05) is 18.0 Å². The molecule has 0 spiro atoms. The van der Waals surface area contributed by atoms with E-state index in [-0.39, 0.29) is 0 Å². The lowest BCUT2D eigenvalue weighted by atomic mass is 10.3. The van der Waals surface area contributed by atoms with E-state index >= 15 is 0 Å². The average Bonchev–Trinajstić information content (AvgIpc) is 2.89. The molecule has 2 aromatic rings. The van der Waals surface area contributed by atoms with Crippen molar-refractivity contribution in [2.45, 2.75) is 20.0 Å². The summed E-state index contributed by atoms with van der Waals surface area (Å²) in [7, 11) is 0. The van der Waals surface area contributed by atoms with E-state index in [1.54, 1.807) is 0 Å². The predicted molar refractivity (Wildman–Crippen MR) is 72.2 cm³/mol. The van der Waals surface area contributed by atoms with E-state index in [1.807, 2.05) is 16.9 Å². The summed E-state index contributed by atoms with van der Waals surface area (Å²) in [5, 5.41) is 8.03. The highest BCUT2D eigenvalue weighted by atomic mass is 15.4. The van der Waals surface area contributed by atoms with Crippen molar-refractivity contribution in [3.05, 3.63) is 42.2 Å². The third-order valence-electron chi connectivity index (χ3n) is 2.90. The van der Waals surface area contributed by atoms with E-state index in [0.717, 1.165) is 25.3 Å². The highest BCUT2D eigenvalue weighted by Crippen LogP contribution is 2.12. The molecule has 1 heterocycles. The van der Waals surface area contributed by atoms with Crippen molar-refractivity contribution in [1.29, 1.82) is 0 Å². The summed E-state index contributed by atoms with van der Waals surface area (Å²) in [5.41, 5.74) is 7.58. The van der Waals surface area contributed by atoms with E-state index in [4.69, 9.17) is 5.73 Å². The third kappa shape index (κ3) is 3.07. The van der Waals surface area contributed by atoms with Gasteiger partial charge in [-0.15, -0.1) is 5.10 Å². The molecule has 0 aliphatic heterocycles. The van der Waals surface area contributed by atoms with Gasteiger partial charge < -0.3 is 10.6 Å². The maximum Gasteiger partial charge on any atom is 0.0962 e. The van der Waals surface area contributed by atoms with Gasteiger partial charge >= 0.3 is 0 Å². The Kier molecular flexibility index (Phi) is 4.30. The fraction of sp³-hybridized carbons (Fsp3) is 0.385. The summed E-state index contributed by atoms with van der Waals surface area (Å²) in [4.78, 5) is 2.31. The molecule has 0 aliphatic carbocycles. The van der Waals surface area contributed by atoms with Crippen LogP contribution in [0.5, 0.6) is 0 Å². The van der Waals surface area contributed by atoms with Gasteiger partial charge in [0.25, 0.3) is 0 Å². The molecule has 0 amide bonds. The van der Waals surface area contributed by atoms with Gasteiger partial charge in [0.05, 0.1) is 12.2 Å². The highest BCUT2D eigenvalue weighted by molar-refractivity contribution is 5.45. The Morgan fingerprint density at radius 2 is 2.06 bits per heavy atom. The first kappa shape index (κ1) is 12.6. The highest BCUT2D eigenvalue weighted by Gasteiger charge is 2.04. The Morgan fingerprint density at radius 1 is 1.28 bits per heavy atom. The van der Waals surface area contributed by atoms with Crippen molar-refractivity contribution in [3.63, 3.8) is 0 Å². The Balaban J connectivity index is 1.95. The van der Waals surface area contributed by atoms with Gasteiger partial charge in [-0.05, 0) is 19.1 Å². The summed E-state index contributed by atoms with van der Waals surface area (Å²) in [6, 6.07) is 10.4. The number of benzene rings is 1. The quantitative estimate of drug-likeness (QED) is 0.832. The Hall–Kier alpha value is -1.88. The molecule has 96 valence electrons. The van der Waals surface area contributed by atoms with Gasteiger partial charge in [0, 0.05) is 31.5 Å². The van der Waals surface area contributed by atoms with E-state index in [1.165, 1.54) is 5.69 Å². The molecule has 1 aromatic carbocycles. The number of para-hydroxylation sites is 1. The predicted octanol–water partition coefficient (Wildman–Crippen LogP) is 1.26. The largest absolute Gasteiger partial charge is 0.370 e. The summed E-state index contributed by atoms with van der Waals surface area (Å²) >= 11 is 0. The fourth-order valence-corrected chi connectivity index (χ4v) is 1.87. The molecule has 2 N–H and O–H groups in total. The maximum atomic E-state index is 5.51. The number of rotatable bonds is 6. The summed E-state index contributed by atoms with van der Waals surface area (Å²) in [6.07, 6.45) is 1.90. The minimum atomic E-state index is 0.441. The fourth-order valence-electron chi connectivity index (χ4n) is 1.87. The summed E-state index contributed by atoms with van der Waals surface area (Å²) < 4.78 is 1.84. The third-order valence-corrected chi connectivity index (χ3v) is 2.90. The number of likely N-dealkylation sites (N-methyl/N-ethyl adjacent to an activating group) is 1. The van der Waals surface area contributed by atoms with Crippen LogP contribution in [-0.2, 0) is 13.1 Å². The van der Waals surface area contributed by atoms with Crippen LogP contribution in [0.25, 0.3) is 0 Å². The topological polar surface area (TPSA) is 60.0 Å². The van der Waals surface area contributed by atoms with Crippen molar-refractivity contribution in [2.24, 2.45) is 5.73 Å². The second kappa shape index (κ2) is 6.16. The van der Waals surface area contributed by atoms with Crippen LogP contribution in [0.2, 0.25) is 0 Å². The number of hydrogen-bond acceptors (Lipinski definition) is 4. The molecule has 0 bridgehead atoms. The summed E-state index contributed by atoms with van der Waals surface area (Å²) in [5.74, 6) is 0. The number of nitrogens with two attached hydrogens (primary N) is 1. The zero-order chi connectivity index (χ0) is 12.8. The second-order valence-electron chi connectivity index (χ2n) is 4.09. The molecule has 0 saturated carbocycles. The normalized spacial score (nSPS) is 10.6. The van der Waals surface area contributed by atoms with Gasteiger partial charge in [0.2, 0.25) is 0 Å². The molecule has 0 fully saturated rings. The van der Waals surface area contributed by atoms with Crippen LogP contribution in [0.15, 0.2) is 36.5 Å². The van der Waals surface area contributed by atoms with Crippen molar-refractivity contribution in [1.82, 2.24) is 15.0 Å². The summed E-state index contributed by atoms with van der Waals surface area (Å²) in [6.45, 7) is 5.29. The Morgan fingerprint density at radius 3 is 2.67 bits per heavy atom. The van der Waals surface area contributed by atoms with E-state index in [9.17, 15) is 0 Å². The molecule has 0 saturated heterocycles. The number of hydrogen-bond donors (Lipinski definition) is 1. The van der Waals surface area contributed by atoms with Crippen LogP contribution in [0, 0.1) is 0 Å². The smallest absolute Gasteiger partial charge is 0.0962 e. The first-order valence-electron chi connectivity index (χ1n) is 6.22. The first-order valence-corrected chi connectivity index (χ1v) is 6.22. The van der Waals surface area contributed by atoms with Crippen molar-refractivity contribution in [3.8, 4) is 0 Å². The molecule has 5 nitrogen and oxygen atoms in total. The van der Waals surface area contributed by atoms with Gasteiger partial charge in [-0.25, -0.2) is 0 Å². The van der Waals surface area contributed by atoms with Gasteiger partial charge in [-0.2, -0.15) is 0 Å². The minimum Gasteiger partial charge on any atom is -0.370 e. The van der Waals surface area contributed by atoms with Gasteiger partial charge in [0.15, 0.2) is 0 Å². The molecular weight excluding hydrogens is 226 g/mol. The standard InChI is InChI=1S/C13H19N5/c1-2-17(13-6-4-3-5-7-13)8-9-18-11-12(10-14)15-16-18/h3-7,11H,2,8-10,14H2,1H3. The van der Waals surface area contributed by atoms with Gasteiger partial charge in [-0.3, -0.25) is 4.68 Å². The van der Waals surface area contributed by atoms with E-state index in [0.29, 0.717) is 6.54 Å². The molecule has 1 aromatic heterocycles. The van der Waals surface area contributed by atoms with E-state index in [2.05, 4.69) is 46.4 Å². The van der Waals surface area contributed by atoms with E-state index < -0.39 is 0 Å². The molecule has 0 aliphatic rings. The number of nitrogens with zero attached hydrogens (tertiary/aromatic N) is 4. The van der Waals surface area contributed by atoms with Crippen LogP contribution in [-0.4, -0.2) is 28.1 Å². The molecule has 0 radical (unpaired) electrons. The van der Waals surface area contributed by atoms with Crippen LogP contribution in [0.1, 0.15) is 12.6 Å². The van der Waals surface area contributed by atoms with Crippen molar-refractivity contribution < 1.29 is 0 Å². The molecule has 18 heavy (non-hydrogen) atoms. The average molecular weight is 245 g/mol. The zero-order valence-electron chi connectivity index (χ0n) is 10.7. The number of anilines is 1. The van der Waals surface area contributed by atoms with Gasteiger partial charge in [0.1, 0.15) is 0 Å². The zero-order valence-corrected chi connectivity index (χ0v) is 10.7. The molecule has 2 rings (SSSR count). The Labute approximate surface area is 107 Å². The van der Waals surface area contributed by atoms with Crippen LogP contribution < -0.4 is 10.6 Å². The van der Waals surface area contributed by atoms with Crippen molar-refractivity contribution >= 4 is 5.69 Å². The minimum absolute atomic E-state index is 0.441. The lowest BCUT2D eigenvalue weighted by molar-refractivity contribution is 0.579. The lowest BCUT2D eigenvalue weighted by Crippen LogP contribution is -2.27. The second-order valence-corrected chi connectivity index (χ2v) is 4.09. The lowest BCUT2D eigenvalue weighted by Gasteiger charge is -2.22. The molecular formula is C13H19N5.